The number of likely N-dealkylation sites (tertiary alicyclic amines) is 1. The van der Waals surface area contributed by atoms with E-state index in [4.69, 9.17) is 0 Å². The van der Waals surface area contributed by atoms with Gasteiger partial charge in [-0.3, -0.25) is 9.59 Å². The molecule has 2 unspecified atom stereocenters. The molecule has 23 heavy (non-hydrogen) atoms. The zero-order valence-electron chi connectivity index (χ0n) is 13.5. The molecule has 0 radical (unpaired) electrons. The monoisotopic (exact) mass is 312 g/mol. The molecule has 2 amide bonds. The predicted octanol–water partition coefficient (Wildman–Crippen LogP) is 2.22. The highest BCUT2D eigenvalue weighted by atomic mass is 16.2. The van der Waals surface area contributed by atoms with Crippen molar-refractivity contribution in [2.45, 2.75) is 38.6 Å². The van der Waals surface area contributed by atoms with Crippen molar-refractivity contribution in [3.63, 3.8) is 0 Å². The molecule has 4 nitrogen and oxygen atoms in total. The summed E-state index contributed by atoms with van der Waals surface area (Å²) in [6.45, 7) is 3.26. The van der Waals surface area contributed by atoms with Gasteiger partial charge in [0.1, 0.15) is 0 Å². The van der Waals surface area contributed by atoms with Gasteiger partial charge in [-0.25, -0.2) is 0 Å². The van der Waals surface area contributed by atoms with Crippen LogP contribution in [0.4, 0.5) is 0 Å². The van der Waals surface area contributed by atoms with Gasteiger partial charge in [-0.2, -0.15) is 0 Å². The van der Waals surface area contributed by atoms with Gasteiger partial charge in [0.2, 0.25) is 11.8 Å². The summed E-state index contributed by atoms with van der Waals surface area (Å²) >= 11 is 0. The lowest BCUT2D eigenvalue weighted by atomic mass is 9.99. The summed E-state index contributed by atoms with van der Waals surface area (Å²) < 4.78 is 0. The van der Waals surface area contributed by atoms with Gasteiger partial charge in [-0.05, 0) is 43.2 Å². The lowest BCUT2D eigenvalue weighted by Crippen LogP contribution is -2.40. The van der Waals surface area contributed by atoms with Crippen LogP contribution in [0.15, 0.2) is 24.3 Å². The maximum absolute atomic E-state index is 12.7. The van der Waals surface area contributed by atoms with Crippen LogP contribution in [-0.4, -0.2) is 41.2 Å². The highest BCUT2D eigenvalue weighted by Crippen LogP contribution is 2.42. The molecular formula is C19H24N2O2. The zero-order valence-corrected chi connectivity index (χ0v) is 13.5. The number of hydrogen-bond acceptors (Lipinski definition) is 2. The Morgan fingerprint density at radius 1 is 0.826 bits per heavy atom. The smallest absolute Gasteiger partial charge is 0.226 e. The molecule has 3 aliphatic rings. The van der Waals surface area contributed by atoms with Crippen molar-refractivity contribution in [3.8, 4) is 0 Å². The Hall–Kier alpha value is -1.84. The molecule has 1 aromatic rings. The Morgan fingerprint density at radius 2 is 1.48 bits per heavy atom. The molecule has 1 saturated carbocycles. The average molecular weight is 312 g/mol. The minimum atomic E-state index is -0.0605. The van der Waals surface area contributed by atoms with Gasteiger partial charge < -0.3 is 9.80 Å². The molecule has 1 aliphatic carbocycles. The topological polar surface area (TPSA) is 40.6 Å². The third kappa shape index (κ3) is 2.87. The SMILES string of the molecule is O=C(C1CC1C(=O)N1CCc2ccccc2C1)N1CCCCC1. The van der Waals surface area contributed by atoms with Crippen molar-refractivity contribution in [2.24, 2.45) is 11.8 Å². The van der Waals surface area contributed by atoms with E-state index in [1.165, 1.54) is 17.5 Å². The fraction of sp³-hybridized carbons (Fsp3) is 0.579. The van der Waals surface area contributed by atoms with Gasteiger partial charge in [-0.15, -0.1) is 0 Å². The van der Waals surface area contributed by atoms with E-state index < -0.39 is 0 Å². The highest BCUT2D eigenvalue weighted by molar-refractivity contribution is 5.92. The van der Waals surface area contributed by atoms with Gasteiger partial charge in [0.15, 0.2) is 0 Å². The number of piperidine rings is 1. The first-order valence-electron chi connectivity index (χ1n) is 8.88. The summed E-state index contributed by atoms with van der Waals surface area (Å²) in [5.74, 6) is 0.308. The Labute approximate surface area is 137 Å². The molecule has 0 N–H and O–H groups in total. The van der Waals surface area contributed by atoms with Crippen LogP contribution in [0.25, 0.3) is 0 Å². The fourth-order valence-corrected chi connectivity index (χ4v) is 4.01. The van der Waals surface area contributed by atoms with Crippen molar-refractivity contribution in [1.82, 2.24) is 9.80 Å². The van der Waals surface area contributed by atoms with Crippen molar-refractivity contribution in [2.75, 3.05) is 19.6 Å². The Balaban J connectivity index is 1.37. The quantitative estimate of drug-likeness (QED) is 0.840. The molecule has 0 spiro atoms. The lowest BCUT2D eigenvalue weighted by Gasteiger charge is -2.30. The second kappa shape index (κ2) is 5.99. The van der Waals surface area contributed by atoms with Gasteiger partial charge in [0.25, 0.3) is 0 Å². The van der Waals surface area contributed by atoms with E-state index >= 15 is 0 Å². The van der Waals surface area contributed by atoms with E-state index in [1.807, 2.05) is 15.9 Å². The van der Waals surface area contributed by atoms with Crippen LogP contribution >= 0.6 is 0 Å². The van der Waals surface area contributed by atoms with Crippen LogP contribution in [0.2, 0.25) is 0 Å². The normalized spacial score (nSPS) is 26.6. The number of rotatable bonds is 2. The third-order valence-corrected chi connectivity index (χ3v) is 5.53. The van der Waals surface area contributed by atoms with Crippen LogP contribution in [0.3, 0.4) is 0 Å². The van der Waals surface area contributed by atoms with Gasteiger partial charge in [-0.1, -0.05) is 24.3 Å². The second-order valence-electron chi connectivity index (χ2n) is 7.11. The molecule has 2 heterocycles. The number of carbonyl (C=O) groups is 2. The van der Waals surface area contributed by atoms with E-state index in [1.54, 1.807) is 0 Å². The van der Waals surface area contributed by atoms with E-state index in [2.05, 4.69) is 18.2 Å². The van der Waals surface area contributed by atoms with Crippen LogP contribution in [0.1, 0.15) is 36.8 Å². The molecule has 4 heteroatoms. The van der Waals surface area contributed by atoms with Gasteiger partial charge in [0, 0.05) is 26.2 Å². The van der Waals surface area contributed by atoms with Gasteiger partial charge >= 0.3 is 0 Å². The van der Waals surface area contributed by atoms with E-state index in [-0.39, 0.29) is 23.7 Å². The molecule has 122 valence electrons. The number of benzene rings is 1. The van der Waals surface area contributed by atoms with Gasteiger partial charge in [0.05, 0.1) is 11.8 Å². The minimum absolute atomic E-state index is 0.0437. The Bertz CT molecular complexity index is 622. The molecule has 0 bridgehead atoms. The Morgan fingerprint density at radius 3 is 2.22 bits per heavy atom. The maximum Gasteiger partial charge on any atom is 0.226 e. The number of hydrogen-bond donors (Lipinski definition) is 0. The molecule has 2 aliphatic heterocycles. The molecular weight excluding hydrogens is 288 g/mol. The van der Waals surface area contributed by atoms with E-state index in [9.17, 15) is 9.59 Å². The second-order valence-corrected chi connectivity index (χ2v) is 7.11. The van der Waals surface area contributed by atoms with Crippen LogP contribution in [0.5, 0.6) is 0 Å². The summed E-state index contributed by atoms with van der Waals surface area (Å²) in [6.07, 6.45) is 5.13. The summed E-state index contributed by atoms with van der Waals surface area (Å²) in [4.78, 5) is 29.2. The number of carbonyl (C=O) groups excluding carboxylic acids is 2. The maximum atomic E-state index is 12.7. The molecule has 4 rings (SSSR count). The zero-order chi connectivity index (χ0) is 15.8. The fourth-order valence-electron chi connectivity index (χ4n) is 4.01. The predicted molar refractivity (Wildman–Crippen MR) is 87.6 cm³/mol. The standard InChI is InChI=1S/C19H24N2O2/c22-18(20-9-4-1-5-10-20)16-12-17(16)19(23)21-11-8-14-6-2-3-7-15(14)13-21/h2-3,6-7,16-17H,1,4-5,8-13H2. The number of amides is 2. The van der Waals surface area contributed by atoms with Crippen molar-refractivity contribution < 1.29 is 9.59 Å². The molecule has 1 saturated heterocycles. The molecule has 2 atom stereocenters. The van der Waals surface area contributed by atoms with Crippen LogP contribution < -0.4 is 0 Å². The van der Waals surface area contributed by atoms with Crippen molar-refractivity contribution in [3.05, 3.63) is 35.4 Å². The van der Waals surface area contributed by atoms with E-state index in [0.29, 0.717) is 6.54 Å². The third-order valence-electron chi connectivity index (χ3n) is 5.53. The van der Waals surface area contributed by atoms with E-state index in [0.717, 1.165) is 45.3 Å². The first-order valence-corrected chi connectivity index (χ1v) is 8.88. The van der Waals surface area contributed by atoms with Crippen LogP contribution in [-0.2, 0) is 22.6 Å². The Kier molecular flexibility index (Phi) is 3.83. The summed E-state index contributed by atoms with van der Waals surface area (Å²) in [6, 6.07) is 8.35. The lowest BCUT2D eigenvalue weighted by molar-refractivity contribution is -0.138. The average Bonchev–Trinajstić information content (AvgIpc) is 3.41. The van der Waals surface area contributed by atoms with Crippen LogP contribution in [0, 0.1) is 11.8 Å². The van der Waals surface area contributed by atoms with Crippen molar-refractivity contribution in [1.29, 1.82) is 0 Å². The molecule has 2 fully saturated rings. The number of nitrogens with zero attached hydrogens (tertiary/aromatic N) is 2. The number of fused-ring (bicyclic) bond motifs is 1. The first-order chi connectivity index (χ1) is 11.2. The molecule has 0 aromatic heterocycles. The van der Waals surface area contributed by atoms with Crippen molar-refractivity contribution >= 4 is 11.8 Å². The minimum Gasteiger partial charge on any atom is -0.342 e. The first kappa shape index (κ1) is 14.7. The largest absolute Gasteiger partial charge is 0.342 e. The molecule has 1 aromatic carbocycles. The highest BCUT2D eigenvalue weighted by Gasteiger charge is 2.51. The summed E-state index contributed by atoms with van der Waals surface area (Å²) in [7, 11) is 0. The summed E-state index contributed by atoms with van der Waals surface area (Å²) in [5, 5.41) is 0. The summed E-state index contributed by atoms with van der Waals surface area (Å²) in [5.41, 5.74) is 2.61.